The molecule has 1 saturated heterocycles. The lowest BCUT2D eigenvalue weighted by molar-refractivity contribution is 0.0705. The van der Waals surface area contributed by atoms with E-state index in [-0.39, 0.29) is 16.7 Å². The van der Waals surface area contributed by atoms with E-state index >= 15 is 0 Å². The van der Waals surface area contributed by atoms with Gasteiger partial charge in [-0.3, -0.25) is 9.52 Å². The highest BCUT2D eigenvalue weighted by atomic mass is 32.2. The van der Waals surface area contributed by atoms with Crippen LogP contribution in [0, 0.1) is 6.92 Å². The molecule has 0 unspecified atom stereocenters. The standard InChI is InChI=1S/C26H26N4O3S/c1-18-8-12-21(13-9-18)29-34(32,33)22-14-10-19(11-15-22)26(31)30-16-4-5-20(17-30)25-27-23-6-2-3-7-24(23)28-25/h2-3,6-15,20,29H,4-5,16-17H2,1H3,(H,27,28)/t20-/m1/s1. The van der Waals surface area contributed by atoms with Crippen LogP contribution in [0.15, 0.2) is 77.7 Å². The van der Waals surface area contributed by atoms with Crippen LogP contribution in [0.2, 0.25) is 0 Å². The second kappa shape index (κ2) is 8.95. The molecule has 8 heteroatoms. The first-order valence-electron chi connectivity index (χ1n) is 11.3. The van der Waals surface area contributed by atoms with Gasteiger partial charge < -0.3 is 9.88 Å². The van der Waals surface area contributed by atoms with Gasteiger partial charge in [0, 0.05) is 30.3 Å². The van der Waals surface area contributed by atoms with Gasteiger partial charge in [0.15, 0.2) is 0 Å². The number of amides is 1. The Hall–Kier alpha value is -3.65. The summed E-state index contributed by atoms with van der Waals surface area (Å²) >= 11 is 0. The largest absolute Gasteiger partial charge is 0.342 e. The molecule has 0 bridgehead atoms. The van der Waals surface area contributed by atoms with Gasteiger partial charge >= 0.3 is 0 Å². The average Bonchev–Trinajstić information content (AvgIpc) is 3.30. The Kier molecular flexibility index (Phi) is 5.83. The van der Waals surface area contributed by atoms with Gasteiger partial charge in [0.05, 0.1) is 15.9 Å². The summed E-state index contributed by atoms with van der Waals surface area (Å²) in [5.41, 5.74) is 3.94. The molecule has 1 atom stereocenters. The summed E-state index contributed by atoms with van der Waals surface area (Å²) in [5.74, 6) is 0.946. The maximum absolute atomic E-state index is 13.2. The fourth-order valence-electron chi connectivity index (χ4n) is 4.35. The van der Waals surface area contributed by atoms with E-state index in [1.54, 1.807) is 24.3 Å². The first-order chi connectivity index (χ1) is 16.4. The molecule has 4 aromatic rings. The van der Waals surface area contributed by atoms with E-state index in [0.717, 1.165) is 35.3 Å². The third-order valence-corrected chi connectivity index (χ3v) is 7.62. The molecule has 174 valence electrons. The summed E-state index contributed by atoms with van der Waals surface area (Å²) in [6.07, 6.45) is 1.85. The normalized spacial score (nSPS) is 16.5. The number of rotatable bonds is 5. The third kappa shape index (κ3) is 4.54. The number of sulfonamides is 1. The Balaban J connectivity index is 1.29. The van der Waals surface area contributed by atoms with Crippen LogP contribution >= 0.6 is 0 Å². The van der Waals surface area contributed by atoms with Crippen LogP contribution in [-0.2, 0) is 10.0 Å². The summed E-state index contributed by atoms with van der Waals surface area (Å²) in [4.78, 5) is 23.2. The van der Waals surface area contributed by atoms with Crippen molar-refractivity contribution in [2.45, 2.75) is 30.6 Å². The van der Waals surface area contributed by atoms with E-state index in [2.05, 4.69) is 9.71 Å². The van der Waals surface area contributed by atoms with Gasteiger partial charge in [-0.1, -0.05) is 29.8 Å². The quantitative estimate of drug-likeness (QED) is 0.439. The van der Waals surface area contributed by atoms with Crippen LogP contribution in [0.3, 0.4) is 0 Å². The van der Waals surface area contributed by atoms with Gasteiger partial charge in [0.2, 0.25) is 0 Å². The number of aromatic amines is 1. The number of para-hydroxylation sites is 2. The highest BCUT2D eigenvalue weighted by Gasteiger charge is 2.27. The smallest absolute Gasteiger partial charge is 0.261 e. The molecule has 34 heavy (non-hydrogen) atoms. The Morgan fingerprint density at radius 1 is 1.03 bits per heavy atom. The predicted octanol–water partition coefficient (Wildman–Crippen LogP) is 4.69. The second-order valence-corrected chi connectivity index (χ2v) is 10.4. The number of benzene rings is 3. The van der Waals surface area contributed by atoms with E-state index in [9.17, 15) is 13.2 Å². The maximum Gasteiger partial charge on any atom is 0.261 e. The molecule has 3 aromatic carbocycles. The number of nitrogens with one attached hydrogen (secondary N) is 2. The second-order valence-electron chi connectivity index (χ2n) is 8.73. The van der Waals surface area contributed by atoms with E-state index < -0.39 is 10.0 Å². The topological polar surface area (TPSA) is 95.2 Å². The lowest BCUT2D eigenvalue weighted by Crippen LogP contribution is -2.39. The van der Waals surface area contributed by atoms with Gasteiger partial charge in [-0.2, -0.15) is 0 Å². The van der Waals surface area contributed by atoms with Gasteiger partial charge in [-0.15, -0.1) is 0 Å². The van der Waals surface area contributed by atoms with Gasteiger partial charge in [0.25, 0.3) is 15.9 Å². The zero-order chi connectivity index (χ0) is 23.7. The highest BCUT2D eigenvalue weighted by Crippen LogP contribution is 2.28. The van der Waals surface area contributed by atoms with Crippen LogP contribution in [0.4, 0.5) is 5.69 Å². The van der Waals surface area contributed by atoms with Crippen LogP contribution in [0.1, 0.15) is 40.5 Å². The number of aromatic nitrogens is 2. The first kappa shape index (κ1) is 22.2. The fraction of sp³-hybridized carbons (Fsp3) is 0.231. The Morgan fingerprint density at radius 2 is 1.76 bits per heavy atom. The molecule has 0 aliphatic carbocycles. The summed E-state index contributed by atoms with van der Waals surface area (Å²) < 4.78 is 28.0. The monoisotopic (exact) mass is 474 g/mol. The minimum atomic E-state index is -3.74. The lowest BCUT2D eigenvalue weighted by atomic mass is 9.96. The number of hydrogen-bond donors (Lipinski definition) is 2. The zero-order valence-electron chi connectivity index (χ0n) is 18.9. The lowest BCUT2D eigenvalue weighted by Gasteiger charge is -2.32. The van der Waals surface area contributed by atoms with Crippen molar-refractivity contribution < 1.29 is 13.2 Å². The molecule has 2 heterocycles. The van der Waals surface area contributed by atoms with Crippen molar-refractivity contribution in [1.29, 1.82) is 0 Å². The highest BCUT2D eigenvalue weighted by molar-refractivity contribution is 7.92. The van der Waals surface area contributed by atoms with Crippen LogP contribution < -0.4 is 4.72 Å². The summed E-state index contributed by atoms with van der Waals surface area (Å²) in [7, 11) is -3.74. The summed E-state index contributed by atoms with van der Waals surface area (Å²) in [6, 6.07) is 21.2. The number of carbonyl (C=O) groups excluding carboxylic acids is 1. The molecular weight excluding hydrogens is 448 g/mol. The number of fused-ring (bicyclic) bond motifs is 1. The van der Waals surface area contributed by atoms with Gasteiger partial charge in [-0.05, 0) is 68.3 Å². The maximum atomic E-state index is 13.2. The van der Waals surface area contributed by atoms with Crippen LogP contribution in [0.5, 0.6) is 0 Å². The van der Waals surface area contributed by atoms with Gasteiger partial charge in [0.1, 0.15) is 5.82 Å². The molecular formula is C26H26N4O3S. The molecule has 1 aromatic heterocycles. The number of carbonyl (C=O) groups is 1. The number of piperidine rings is 1. The van der Waals surface area contributed by atoms with Crippen LogP contribution in [0.25, 0.3) is 11.0 Å². The molecule has 1 amide bonds. The summed E-state index contributed by atoms with van der Waals surface area (Å²) in [5, 5.41) is 0. The molecule has 2 N–H and O–H groups in total. The molecule has 5 rings (SSSR count). The average molecular weight is 475 g/mol. The molecule has 1 aliphatic rings. The molecule has 0 radical (unpaired) electrons. The Bertz CT molecular complexity index is 1390. The number of anilines is 1. The first-order valence-corrected chi connectivity index (χ1v) is 12.8. The van der Waals surface area contributed by atoms with Gasteiger partial charge in [-0.25, -0.2) is 13.4 Å². The molecule has 1 aliphatic heterocycles. The fourth-order valence-corrected chi connectivity index (χ4v) is 5.40. The van der Waals surface area contributed by atoms with E-state index in [0.29, 0.717) is 24.3 Å². The number of H-pyrrole nitrogens is 1. The number of aryl methyl sites for hydroxylation is 1. The summed E-state index contributed by atoms with van der Waals surface area (Å²) in [6.45, 7) is 3.19. The van der Waals surface area contributed by atoms with Crippen molar-refractivity contribution >= 4 is 32.7 Å². The number of hydrogen-bond acceptors (Lipinski definition) is 4. The number of nitrogens with zero attached hydrogens (tertiary/aromatic N) is 2. The molecule has 0 spiro atoms. The minimum Gasteiger partial charge on any atom is -0.342 e. The van der Waals surface area contributed by atoms with Crippen molar-refractivity contribution in [3.63, 3.8) is 0 Å². The molecule has 1 fully saturated rings. The van der Waals surface area contributed by atoms with Crippen molar-refractivity contribution in [1.82, 2.24) is 14.9 Å². The molecule has 7 nitrogen and oxygen atoms in total. The third-order valence-electron chi connectivity index (χ3n) is 6.22. The van der Waals surface area contributed by atoms with E-state index in [1.807, 2.05) is 48.2 Å². The van der Waals surface area contributed by atoms with E-state index in [4.69, 9.17) is 4.98 Å². The van der Waals surface area contributed by atoms with Crippen molar-refractivity contribution in [3.8, 4) is 0 Å². The van der Waals surface area contributed by atoms with E-state index in [1.165, 1.54) is 12.1 Å². The SMILES string of the molecule is Cc1ccc(NS(=O)(=O)c2ccc(C(=O)N3CCC[C@@H](c4nc5ccccc5[nH]4)C3)cc2)cc1. The predicted molar refractivity (Wildman–Crippen MR) is 132 cm³/mol. The number of likely N-dealkylation sites (tertiary alicyclic amines) is 1. The Morgan fingerprint density at radius 3 is 2.50 bits per heavy atom. The minimum absolute atomic E-state index is 0.101. The zero-order valence-corrected chi connectivity index (χ0v) is 19.7. The number of imidazole rings is 1. The molecule has 0 saturated carbocycles. The Labute approximate surface area is 198 Å². The van der Waals surface area contributed by atoms with Crippen LogP contribution in [-0.4, -0.2) is 42.3 Å². The van der Waals surface area contributed by atoms with Crippen molar-refractivity contribution in [3.05, 3.63) is 89.7 Å². The van der Waals surface area contributed by atoms with Crippen molar-refractivity contribution in [2.24, 2.45) is 0 Å². The van der Waals surface area contributed by atoms with Crippen molar-refractivity contribution in [2.75, 3.05) is 17.8 Å².